The minimum absolute atomic E-state index is 0.175. The predicted octanol–water partition coefficient (Wildman–Crippen LogP) is 1.50. The molecule has 12 heavy (non-hydrogen) atoms. The van der Waals surface area contributed by atoms with Crippen LogP contribution in [0, 0.1) is 0 Å². The number of anilines is 1. The van der Waals surface area contributed by atoms with Crippen LogP contribution < -0.4 is 4.90 Å². The van der Waals surface area contributed by atoms with Crippen molar-refractivity contribution in [1.29, 1.82) is 0 Å². The van der Waals surface area contributed by atoms with Gasteiger partial charge in [-0.1, -0.05) is 6.58 Å². The Balaban J connectivity index is 2.94. The minimum atomic E-state index is 0.175. The molecule has 0 saturated heterocycles. The van der Waals surface area contributed by atoms with Gasteiger partial charge < -0.3 is 5.11 Å². The number of amides is 1. The van der Waals surface area contributed by atoms with E-state index in [4.69, 9.17) is 5.11 Å². The van der Waals surface area contributed by atoms with Gasteiger partial charge in [-0.05, 0) is 24.3 Å². The van der Waals surface area contributed by atoms with Crippen molar-refractivity contribution in [2.45, 2.75) is 0 Å². The molecule has 0 aliphatic heterocycles. The summed E-state index contributed by atoms with van der Waals surface area (Å²) in [6.07, 6.45) is 2.05. The molecule has 1 rings (SSSR count). The zero-order chi connectivity index (χ0) is 8.97. The number of hydrogen-bond donors (Lipinski definition) is 1. The summed E-state index contributed by atoms with van der Waals surface area (Å²) in [5.41, 5.74) is 0.679. The first-order valence-corrected chi connectivity index (χ1v) is 3.43. The molecule has 0 bridgehead atoms. The summed E-state index contributed by atoms with van der Waals surface area (Å²) in [6, 6.07) is 6.28. The third-order valence-corrected chi connectivity index (χ3v) is 1.46. The van der Waals surface area contributed by atoms with Gasteiger partial charge >= 0.3 is 0 Å². The highest BCUT2D eigenvalue weighted by Gasteiger charge is 1.98. The van der Waals surface area contributed by atoms with E-state index in [-0.39, 0.29) is 5.75 Å². The highest BCUT2D eigenvalue weighted by Crippen LogP contribution is 2.16. The largest absolute Gasteiger partial charge is 0.508 e. The molecule has 0 unspecified atom stereocenters. The lowest BCUT2D eigenvalue weighted by Gasteiger charge is -2.10. The Kier molecular flexibility index (Phi) is 2.48. The van der Waals surface area contributed by atoms with Gasteiger partial charge in [0.15, 0.2) is 0 Å². The molecular weight excluding hydrogens is 154 g/mol. The highest BCUT2D eigenvalue weighted by molar-refractivity contribution is 5.77. The standard InChI is InChI=1S/C9H9NO2/c1-2-10(7-11)8-3-5-9(12)6-4-8/h2-7,12H,1H2. The topological polar surface area (TPSA) is 40.5 Å². The molecule has 0 atom stereocenters. The maximum atomic E-state index is 10.4. The lowest BCUT2D eigenvalue weighted by molar-refractivity contribution is -0.106. The van der Waals surface area contributed by atoms with Gasteiger partial charge in [-0.25, -0.2) is 0 Å². The fourth-order valence-corrected chi connectivity index (χ4v) is 0.834. The van der Waals surface area contributed by atoms with E-state index in [2.05, 4.69) is 6.58 Å². The summed E-state index contributed by atoms with van der Waals surface area (Å²) in [7, 11) is 0. The molecule has 1 aromatic rings. The fraction of sp³-hybridized carbons (Fsp3) is 0. The molecule has 0 fully saturated rings. The van der Waals surface area contributed by atoms with Crippen LogP contribution in [0.2, 0.25) is 0 Å². The van der Waals surface area contributed by atoms with Gasteiger partial charge in [0.25, 0.3) is 0 Å². The summed E-state index contributed by atoms with van der Waals surface area (Å²) in [4.78, 5) is 11.7. The number of carbonyl (C=O) groups is 1. The second-order valence-corrected chi connectivity index (χ2v) is 2.21. The van der Waals surface area contributed by atoms with Gasteiger partial charge in [0, 0.05) is 11.9 Å². The van der Waals surface area contributed by atoms with Crippen LogP contribution in [-0.4, -0.2) is 11.5 Å². The van der Waals surface area contributed by atoms with Gasteiger partial charge in [0.1, 0.15) is 5.75 Å². The quantitative estimate of drug-likeness (QED) is 0.686. The van der Waals surface area contributed by atoms with Crippen LogP contribution in [0.3, 0.4) is 0 Å². The summed E-state index contributed by atoms with van der Waals surface area (Å²) in [6.45, 7) is 3.46. The molecule has 0 spiro atoms. The molecule has 0 heterocycles. The maximum Gasteiger partial charge on any atom is 0.218 e. The number of nitrogens with zero attached hydrogens (tertiary/aromatic N) is 1. The van der Waals surface area contributed by atoms with Crippen molar-refractivity contribution in [2.75, 3.05) is 4.90 Å². The van der Waals surface area contributed by atoms with Crippen LogP contribution in [0.15, 0.2) is 37.0 Å². The van der Waals surface area contributed by atoms with Crippen LogP contribution in [0.4, 0.5) is 5.69 Å². The molecule has 3 nitrogen and oxygen atoms in total. The first kappa shape index (κ1) is 8.33. The van der Waals surface area contributed by atoms with Crippen LogP contribution in [0.1, 0.15) is 0 Å². The van der Waals surface area contributed by atoms with Crippen LogP contribution >= 0.6 is 0 Å². The van der Waals surface area contributed by atoms with Crippen molar-refractivity contribution in [2.24, 2.45) is 0 Å². The lowest BCUT2D eigenvalue weighted by Crippen LogP contribution is -2.11. The van der Waals surface area contributed by atoms with E-state index < -0.39 is 0 Å². The van der Waals surface area contributed by atoms with Crippen LogP contribution in [0.5, 0.6) is 5.75 Å². The third-order valence-electron chi connectivity index (χ3n) is 1.46. The number of rotatable bonds is 3. The third kappa shape index (κ3) is 1.63. The molecule has 0 saturated carbocycles. The average molecular weight is 163 g/mol. The predicted molar refractivity (Wildman–Crippen MR) is 46.8 cm³/mol. The highest BCUT2D eigenvalue weighted by atomic mass is 16.3. The van der Waals surface area contributed by atoms with E-state index in [0.29, 0.717) is 12.1 Å². The van der Waals surface area contributed by atoms with Crippen molar-refractivity contribution < 1.29 is 9.90 Å². The van der Waals surface area contributed by atoms with Crippen molar-refractivity contribution in [3.63, 3.8) is 0 Å². The molecule has 62 valence electrons. The van der Waals surface area contributed by atoms with Gasteiger partial charge in [-0.3, -0.25) is 9.69 Å². The van der Waals surface area contributed by atoms with Crippen molar-refractivity contribution in [3.05, 3.63) is 37.0 Å². The summed E-state index contributed by atoms with van der Waals surface area (Å²) >= 11 is 0. The van der Waals surface area contributed by atoms with Crippen LogP contribution in [-0.2, 0) is 4.79 Å². The maximum absolute atomic E-state index is 10.4. The zero-order valence-corrected chi connectivity index (χ0v) is 6.47. The molecule has 0 aromatic heterocycles. The van der Waals surface area contributed by atoms with E-state index >= 15 is 0 Å². The number of carbonyl (C=O) groups excluding carboxylic acids is 1. The average Bonchev–Trinajstić information content (AvgIpc) is 2.10. The Morgan fingerprint density at radius 1 is 1.33 bits per heavy atom. The SMILES string of the molecule is C=CN(C=O)c1ccc(O)cc1. The van der Waals surface area contributed by atoms with E-state index in [9.17, 15) is 4.79 Å². The minimum Gasteiger partial charge on any atom is -0.508 e. The van der Waals surface area contributed by atoms with E-state index in [1.807, 2.05) is 0 Å². The normalized spacial score (nSPS) is 9.00. The molecule has 0 aliphatic rings. The molecule has 0 aliphatic carbocycles. The lowest BCUT2D eigenvalue weighted by atomic mass is 10.3. The van der Waals surface area contributed by atoms with Gasteiger partial charge in [0.05, 0.1) is 0 Å². The summed E-state index contributed by atoms with van der Waals surface area (Å²) < 4.78 is 0. The first-order valence-electron chi connectivity index (χ1n) is 3.43. The van der Waals surface area contributed by atoms with Gasteiger partial charge in [-0.2, -0.15) is 0 Å². The van der Waals surface area contributed by atoms with Crippen molar-refractivity contribution in [1.82, 2.24) is 0 Å². The number of hydrogen-bond acceptors (Lipinski definition) is 2. The van der Waals surface area contributed by atoms with E-state index in [0.717, 1.165) is 0 Å². The number of aromatic hydroxyl groups is 1. The zero-order valence-electron chi connectivity index (χ0n) is 6.47. The Hall–Kier alpha value is -1.77. The first-order chi connectivity index (χ1) is 5.77. The molecule has 1 aromatic carbocycles. The summed E-state index contributed by atoms with van der Waals surface area (Å²) in [5, 5.41) is 8.95. The number of phenols is 1. The summed E-state index contributed by atoms with van der Waals surface area (Å²) in [5.74, 6) is 0.175. The Morgan fingerprint density at radius 3 is 2.33 bits per heavy atom. The molecule has 0 radical (unpaired) electrons. The van der Waals surface area contributed by atoms with Crippen molar-refractivity contribution >= 4 is 12.1 Å². The van der Waals surface area contributed by atoms with E-state index in [1.54, 1.807) is 12.1 Å². The molecular formula is C9H9NO2. The number of phenolic OH excluding ortho intramolecular Hbond substituents is 1. The Labute approximate surface area is 70.6 Å². The van der Waals surface area contributed by atoms with E-state index in [1.165, 1.54) is 23.2 Å². The second kappa shape index (κ2) is 3.57. The molecule has 1 amide bonds. The Morgan fingerprint density at radius 2 is 1.92 bits per heavy atom. The van der Waals surface area contributed by atoms with Crippen molar-refractivity contribution in [3.8, 4) is 5.75 Å². The van der Waals surface area contributed by atoms with Gasteiger partial charge in [-0.15, -0.1) is 0 Å². The van der Waals surface area contributed by atoms with Gasteiger partial charge in [0.2, 0.25) is 6.41 Å². The molecule has 3 heteroatoms. The van der Waals surface area contributed by atoms with Crippen LogP contribution in [0.25, 0.3) is 0 Å². The number of benzene rings is 1. The second-order valence-electron chi connectivity index (χ2n) is 2.21. The fourth-order valence-electron chi connectivity index (χ4n) is 0.834. The monoisotopic (exact) mass is 163 g/mol. The Bertz CT molecular complexity index is 271. The smallest absolute Gasteiger partial charge is 0.218 e. The molecule has 1 N–H and O–H groups in total.